The molecule has 0 saturated heterocycles. The molecule has 11 heteroatoms. The van der Waals surface area contributed by atoms with E-state index in [4.69, 9.17) is 16.3 Å². The molecule has 0 fully saturated rings. The molecule has 6 nitrogen and oxygen atoms in total. The van der Waals surface area contributed by atoms with E-state index >= 15 is 0 Å². The molecule has 0 aliphatic rings. The van der Waals surface area contributed by atoms with Gasteiger partial charge in [0.15, 0.2) is 17.9 Å². The van der Waals surface area contributed by atoms with Crippen molar-refractivity contribution in [1.82, 2.24) is 5.32 Å². The molecule has 2 rings (SSSR count). The molecule has 1 N–H and O–H groups in total. The van der Waals surface area contributed by atoms with Gasteiger partial charge in [0.25, 0.3) is 0 Å². The predicted octanol–water partition coefficient (Wildman–Crippen LogP) is 7.53. The van der Waals surface area contributed by atoms with Crippen LogP contribution in [0.5, 0.6) is 5.75 Å². The van der Waals surface area contributed by atoms with Crippen LogP contribution in [0, 0.1) is 18.6 Å². The average molecular weight is 575 g/mol. The molecule has 0 aromatic heterocycles. The lowest BCUT2D eigenvalue weighted by atomic mass is 10.1. The summed E-state index contributed by atoms with van der Waals surface area (Å²) in [4.78, 5) is 25.0. The molecule has 1 unspecified atom stereocenters. The third-order valence-corrected chi connectivity index (χ3v) is 5.37. The van der Waals surface area contributed by atoms with Gasteiger partial charge in [-0.25, -0.2) is 9.18 Å². The van der Waals surface area contributed by atoms with Gasteiger partial charge in [0, 0.05) is 36.1 Å². The minimum absolute atomic E-state index is 0.0423. The number of aldehydes is 1. The lowest BCUT2D eigenvalue weighted by molar-refractivity contribution is -0.139. The van der Waals surface area contributed by atoms with Crippen molar-refractivity contribution in [3.05, 3.63) is 64.9 Å². The number of alkyl halides is 3. The van der Waals surface area contributed by atoms with Crippen LogP contribution >= 0.6 is 11.6 Å². The summed E-state index contributed by atoms with van der Waals surface area (Å²) < 4.78 is 65.3. The van der Waals surface area contributed by atoms with Crippen LogP contribution in [-0.2, 0) is 20.9 Å². The maximum atomic E-state index is 14.7. The van der Waals surface area contributed by atoms with Crippen LogP contribution in [0.25, 0.3) is 0 Å². The summed E-state index contributed by atoms with van der Waals surface area (Å²) in [5.41, 5.74) is -4.23. The van der Waals surface area contributed by atoms with E-state index in [1.807, 2.05) is 13.8 Å². The Hall–Kier alpha value is -3.11. The number of ether oxygens (including phenoxy) is 2. The van der Waals surface area contributed by atoms with Crippen LogP contribution in [0.3, 0.4) is 0 Å². The number of hydrogen-bond donors (Lipinski definition) is 1. The first-order valence-corrected chi connectivity index (χ1v) is 13.0. The summed E-state index contributed by atoms with van der Waals surface area (Å²) in [5, 5.41) is 3.37. The zero-order valence-corrected chi connectivity index (χ0v) is 23.7. The lowest BCUT2D eigenvalue weighted by Crippen LogP contribution is -2.25. The molecule has 0 aliphatic heterocycles. The van der Waals surface area contributed by atoms with Gasteiger partial charge in [0.1, 0.15) is 5.57 Å². The van der Waals surface area contributed by atoms with Gasteiger partial charge in [-0.15, -0.1) is 8.78 Å². The van der Waals surface area contributed by atoms with Crippen molar-refractivity contribution in [2.24, 2.45) is 0 Å². The number of esters is 1. The Labute approximate surface area is 231 Å². The third-order valence-electron chi connectivity index (χ3n) is 5.30. The lowest BCUT2D eigenvalue weighted by Gasteiger charge is -2.27. The zero-order valence-electron chi connectivity index (χ0n) is 22.9. The Morgan fingerprint density at radius 2 is 1.79 bits per heavy atom. The second kappa shape index (κ2) is 16.1. The van der Waals surface area contributed by atoms with Crippen LogP contribution in [0.2, 0.25) is 0 Å². The molecule has 1 atom stereocenters. The monoisotopic (exact) mass is 574 g/mol. The van der Waals surface area contributed by atoms with E-state index in [9.17, 15) is 27.2 Å². The van der Waals surface area contributed by atoms with Crippen LogP contribution in [-0.4, -0.2) is 30.5 Å². The molecular formula is C28H35ClF4N2O4. The molecule has 216 valence electrons. The number of nitrogens with one attached hydrogen (secondary N) is 1. The van der Waals surface area contributed by atoms with Crippen molar-refractivity contribution < 1.29 is 36.6 Å². The highest BCUT2D eigenvalue weighted by molar-refractivity contribution is 6.20. The third kappa shape index (κ3) is 10.2. The second-order valence-electron chi connectivity index (χ2n) is 8.24. The minimum atomic E-state index is -4.38. The second-order valence-corrected chi connectivity index (χ2v) is 8.68. The van der Waals surface area contributed by atoms with E-state index in [0.717, 1.165) is 35.6 Å². The summed E-state index contributed by atoms with van der Waals surface area (Å²) in [6.07, 6.45) is 3.18. The van der Waals surface area contributed by atoms with E-state index in [1.165, 1.54) is 13.8 Å². The van der Waals surface area contributed by atoms with Crippen molar-refractivity contribution >= 4 is 35.2 Å². The van der Waals surface area contributed by atoms with Gasteiger partial charge in [-0.3, -0.25) is 4.79 Å². The van der Waals surface area contributed by atoms with E-state index in [0.29, 0.717) is 6.54 Å². The summed E-state index contributed by atoms with van der Waals surface area (Å²) in [7, 11) is 0. The summed E-state index contributed by atoms with van der Waals surface area (Å²) in [5.74, 6) is -5.39. The summed E-state index contributed by atoms with van der Waals surface area (Å²) in [6, 6.07) is 7.62. The average Bonchev–Trinajstić information content (AvgIpc) is 2.88. The molecular weight excluding hydrogens is 540 g/mol. The van der Waals surface area contributed by atoms with E-state index < -0.39 is 40.2 Å². The summed E-state index contributed by atoms with van der Waals surface area (Å²) in [6.45, 7) is 11.5. The number of hydrogen-bond acceptors (Lipinski definition) is 6. The molecule has 0 heterocycles. The Kier molecular flexibility index (Phi) is 14.0. The first-order chi connectivity index (χ1) is 18.4. The number of rotatable bonds is 13. The topological polar surface area (TPSA) is 67.9 Å². The SMILES string of the molecule is CC.CCCC(C)NCc1ccc(N(/C=C(\C=O)C(=O)OCC)c2c(C)cc(F)c(F)c2OC(F)(F)Cl)cc1. The van der Waals surface area contributed by atoms with Crippen molar-refractivity contribution in [3.63, 3.8) is 0 Å². The fourth-order valence-corrected chi connectivity index (χ4v) is 3.65. The maximum Gasteiger partial charge on any atom is 0.487 e. The van der Waals surface area contributed by atoms with E-state index in [1.54, 1.807) is 24.3 Å². The molecule has 0 spiro atoms. The first-order valence-electron chi connectivity index (χ1n) is 12.6. The minimum Gasteiger partial charge on any atom is -0.462 e. The van der Waals surface area contributed by atoms with Crippen molar-refractivity contribution in [2.75, 3.05) is 11.5 Å². The largest absolute Gasteiger partial charge is 0.487 e. The number of benzene rings is 2. The van der Waals surface area contributed by atoms with Gasteiger partial charge in [-0.05, 0) is 56.5 Å². The molecule has 0 bridgehead atoms. The van der Waals surface area contributed by atoms with Crippen molar-refractivity contribution in [1.29, 1.82) is 0 Å². The Balaban J connectivity index is 0.00000371. The molecule has 0 aliphatic carbocycles. The highest BCUT2D eigenvalue weighted by Crippen LogP contribution is 2.43. The highest BCUT2D eigenvalue weighted by Gasteiger charge is 2.34. The Bertz CT molecular complexity index is 1120. The Morgan fingerprint density at radius 1 is 1.18 bits per heavy atom. The number of aryl methyl sites for hydroxylation is 1. The number of nitrogens with zero attached hydrogens (tertiary/aromatic N) is 1. The molecule has 39 heavy (non-hydrogen) atoms. The number of anilines is 2. The maximum absolute atomic E-state index is 14.7. The molecule has 2 aromatic carbocycles. The fraction of sp³-hybridized carbons (Fsp3) is 0.429. The Morgan fingerprint density at radius 3 is 2.31 bits per heavy atom. The van der Waals surface area contributed by atoms with E-state index in [2.05, 4.69) is 23.9 Å². The summed E-state index contributed by atoms with van der Waals surface area (Å²) >= 11 is 4.88. The molecule has 0 saturated carbocycles. The van der Waals surface area contributed by atoms with Gasteiger partial charge >= 0.3 is 11.5 Å². The van der Waals surface area contributed by atoms with Crippen LogP contribution in [0.1, 0.15) is 58.6 Å². The zero-order chi connectivity index (χ0) is 29.8. The van der Waals surface area contributed by atoms with Crippen molar-refractivity contribution in [2.45, 2.75) is 72.5 Å². The number of carbonyl (C=O) groups is 2. The number of halogens is 5. The standard InChI is InChI=1S/C26H29ClF4N2O4.C2H6/c1-5-7-17(4)32-13-18-8-10-20(11-9-18)33(14-19(15-34)25(35)36-6-2)23-16(3)12-21(28)22(29)24(23)37-26(27,30)31;1-2/h8-12,14-15,17,32H,5-7,13H2,1-4H3;1-2H3/b19-14+;. The molecule has 0 radical (unpaired) electrons. The van der Waals surface area contributed by atoms with Crippen LogP contribution in [0.15, 0.2) is 42.1 Å². The quantitative estimate of drug-likeness (QED) is 0.0507. The van der Waals surface area contributed by atoms with Crippen molar-refractivity contribution in [3.8, 4) is 5.75 Å². The highest BCUT2D eigenvalue weighted by atomic mass is 35.5. The predicted molar refractivity (Wildman–Crippen MR) is 144 cm³/mol. The molecule has 0 amide bonds. The van der Waals surface area contributed by atoms with Gasteiger partial charge in [-0.2, -0.15) is 4.39 Å². The van der Waals surface area contributed by atoms with Crippen LogP contribution < -0.4 is 15.0 Å². The normalized spacial score (nSPS) is 12.2. The first kappa shape index (κ1) is 33.9. The molecule has 2 aromatic rings. The fourth-order valence-electron chi connectivity index (χ4n) is 3.58. The smallest absolute Gasteiger partial charge is 0.462 e. The van der Waals surface area contributed by atoms with Gasteiger partial charge in [0.05, 0.1) is 12.3 Å². The van der Waals surface area contributed by atoms with Gasteiger partial charge in [0.2, 0.25) is 5.82 Å². The number of carbonyl (C=O) groups excluding carboxylic acids is 2. The van der Waals surface area contributed by atoms with E-state index in [-0.39, 0.29) is 30.2 Å². The van der Waals surface area contributed by atoms with Gasteiger partial charge < -0.3 is 19.7 Å². The van der Waals surface area contributed by atoms with Gasteiger partial charge in [-0.1, -0.05) is 39.3 Å². The van der Waals surface area contributed by atoms with Crippen LogP contribution in [0.4, 0.5) is 28.9 Å².